The molecule has 1 fully saturated rings. The number of carboxylic acids is 1. The molecule has 1 rings (SSSR count). The first-order chi connectivity index (χ1) is 12.3. The lowest BCUT2D eigenvalue weighted by Crippen LogP contribution is -2.19. The average molecular weight is 433 g/mol. The van der Waals surface area contributed by atoms with Gasteiger partial charge < -0.3 is 20.4 Å². The fourth-order valence-electron chi connectivity index (χ4n) is 3.38. The van der Waals surface area contributed by atoms with Gasteiger partial charge in [0.15, 0.2) is 0 Å². The Balaban J connectivity index is 2.46. The van der Waals surface area contributed by atoms with Crippen molar-refractivity contribution in [3.05, 3.63) is 24.3 Å². The Morgan fingerprint density at radius 3 is 2.62 bits per heavy atom. The molecule has 0 aromatic carbocycles. The molecule has 0 amide bonds. The van der Waals surface area contributed by atoms with Crippen LogP contribution in [0.25, 0.3) is 0 Å². The first-order valence-corrected chi connectivity index (χ1v) is 10.5. The van der Waals surface area contributed by atoms with Crippen molar-refractivity contribution in [3.63, 3.8) is 0 Å². The summed E-state index contributed by atoms with van der Waals surface area (Å²) in [6, 6.07) is 0. The highest BCUT2D eigenvalue weighted by Gasteiger charge is 2.38. The molecule has 4 N–H and O–H groups in total. The lowest BCUT2D eigenvalue weighted by molar-refractivity contribution is -0.137. The zero-order chi connectivity index (χ0) is 19.5. The van der Waals surface area contributed by atoms with E-state index in [1.165, 1.54) is 0 Å². The van der Waals surface area contributed by atoms with Crippen molar-refractivity contribution >= 4 is 21.9 Å². The molecule has 0 aromatic rings. The molecular formula is C20H33BrO5. The molecule has 1 aliphatic carbocycles. The monoisotopic (exact) mass is 432 g/mol. The Morgan fingerprint density at radius 1 is 1.23 bits per heavy atom. The predicted octanol–water partition coefficient (Wildman–Crippen LogP) is 3.42. The Kier molecular flexibility index (Phi) is 11.4. The van der Waals surface area contributed by atoms with E-state index in [0.717, 1.165) is 19.3 Å². The molecule has 0 heterocycles. The van der Waals surface area contributed by atoms with Crippen LogP contribution in [0.2, 0.25) is 0 Å². The van der Waals surface area contributed by atoms with E-state index in [-0.39, 0.29) is 29.2 Å². The number of aliphatic hydroxyl groups is 3. The fourth-order valence-corrected chi connectivity index (χ4v) is 4.33. The van der Waals surface area contributed by atoms with E-state index in [2.05, 4.69) is 22.0 Å². The molecule has 5 nitrogen and oxygen atoms in total. The molecule has 0 aromatic heterocycles. The second-order valence-electron chi connectivity index (χ2n) is 7.29. The standard InChI is InChI=1S/C20H33BrO5/c1-14(22)7-6-8-15(23)11-12-17-16(18(21)13-19(17)24)9-4-2-3-5-10-20(25)26/h2,4,11-12,14-19,22-24H,3,5-10,13H2,1H3,(H,25,26)/b4-2-,12-11+/t14-,15+,16-,17-,18-,19-/m1/s1. The van der Waals surface area contributed by atoms with Crippen LogP contribution in [0.1, 0.15) is 58.3 Å². The molecule has 0 bridgehead atoms. The van der Waals surface area contributed by atoms with Crippen LogP contribution in [-0.2, 0) is 4.79 Å². The molecule has 6 heteroatoms. The Morgan fingerprint density at radius 2 is 1.96 bits per heavy atom. The maximum atomic E-state index is 10.5. The minimum Gasteiger partial charge on any atom is -0.481 e. The maximum absolute atomic E-state index is 10.5. The molecule has 26 heavy (non-hydrogen) atoms. The summed E-state index contributed by atoms with van der Waals surface area (Å²) < 4.78 is 0. The van der Waals surface area contributed by atoms with Gasteiger partial charge in [0.25, 0.3) is 0 Å². The molecule has 0 radical (unpaired) electrons. The van der Waals surface area contributed by atoms with E-state index in [1.54, 1.807) is 13.0 Å². The number of hydrogen-bond acceptors (Lipinski definition) is 4. The van der Waals surface area contributed by atoms with Crippen molar-refractivity contribution in [1.29, 1.82) is 0 Å². The summed E-state index contributed by atoms with van der Waals surface area (Å²) in [6.45, 7) is 1.74. The Hall–Kier alpha value is -0.690. The van der Waals surface area contributed by atoms with Gasteiger partial charge in [-0.15, -0.1) is 0 Å². The third kappa shape index (κ3) is 9.31. The largest absolute Gasteiger partial charge is 0.481 e. The minimum atomic E-state index is -0.768. The number of aliphatic hydroxyl groups excluding tert-OH is 3. The molecule has 0 unspecified atom stereocenters. The van der Waals surface area contributed by atoms with Crippen LogP contribution < -0.4 is 0 Å². The quantitative estimate of drug-likeness (QED) is 0.215. The normalized spacial score (nSPS) is 28.8. The smallest absolute Gasteiger partial charge is 0.303 e. The average Bonchev–Trinajstić information content (AvgIpc) is 2.81. The summed E-state index contributed by atoms with van der Waals surface area (Å²) in [5, 5.41) is 38.2. The molecule has 1 saturated carbocycles. The van der Waals surface area contributed by atoms with Gasteiger partial charge in [0.2, 0.25) is 0 Å². The molecule has 6 atom stereocenters. The topological polar surface area (TPSA) is 98.0 Å². The van der Waals surface area contributed by atoms with Crippen LogP contribution in [0, 0.1) is 11.8 Å². The van der Waals surface area contributed by atoms with Gasteiger partial charge in [0.1, 0.15) is 0 Å². The summed E-state index contributed by atoms with van der Waals surface area (Å²) in [6.07, 6.45) is 11.6. The van der Waals surface area contributed by atoms with Gasteiger partial charge >= 0.3 is 5.97 Å². The summed E-state index contributed by atoms with van der Waals surface area (Å²) in [7, 11) is 0. The maximum Gasteiger partial charge on any atom is 0.303 e. The van der Waals surface area contributed by atoms with Crippen LogP contribution in [0.5, 0.6) is 0 Å². The van der Waals surface area contributed by atoms with Crippen molar-refractivity contribution in [2.45, 2.75) is 81.4 Å². The zero-order valence-electron chi connectivity index (χ0n) is 15.5. The van der Waals surface area contributed by atoms with Crippen LogP contribution in [0.3, 0.4) is 0 Å². The van der Waals surface area contributed by atoms with E-state index in [9.17, 15) is 20.1 Å². The molecular weight excluding hydrogens is 400 g/mol. The number of unbranched alkanes of at least 4 members (excludes halogenated alkanes) is 1. The Bertz CT molecular complexity index is 463. The van der Waals surface area contributed by atoms with Crippen molar-refractivity contribution in [2.24, 2.45) is 11.8 Å². The number of hydrogen-bond donors (Lipinski definition) is 4. The second-order valence-corrected chi connectivity index (χ2v) is 8.46. The predicted molar refractivity (Wildman–Crippen MR) is 106 cm³/mol. The van der Waals surface area contributed by atoms with Crippen LogP contribution >= 0.6 is 15.9 Å². The van der Waals surface area contributed by atoms with Crippen molar-refractivity contribution in [2.75, 3.05) is 0 Å². The summed E-state index contributed by atoms with van der Waals surface area (Å²) in [5.74, 6) is -0.522. The van der Waals surface area contributed by atoms with Crippen LogP contribution in [0.15, 0.2) is 24.3 Å². The number of halogens is 1. The third-order valence-corrected chi connectivity index (χ3v) is 5.94. The highest BCUT2D eigenvalue weighted by Crippen LogP contribution is 2.40. The van der Waals surface area contributed by atoms with E-state index < -0.39 is 18.2 Å². The zero-order valence-corrected chi connectivity index (χ0v) is 17.1. The van der Waals surface area contributed by atoms with E-state index in [0.29, 0.717) is 25.7 Å². The van der Waals surface area contributed by atoms with Gasteiger partial charge in [0.05, 0.1) is 18.3 Å². The van der Waals surface area contributed by atoms with Gasteiger partial charge in [-0.2, -0.15) is 0 Å². The third-order valence-electron chi connectivity index (χ3n) is 4.88. The molecule has 150 valence electrons. The summed E-state index contributed by atoms with van der Waals surface area (Å²) >= 11 is 3.66. The van der Waals surface area contributed by atoms with E-state index in [1.807, 2.05) is 12.2 Å². The van der Waals surface area contributed by atoms with Crippen molar-refractivity contribution in [1.82, 2.24) is 0 Å². The molecule has 0 aliphatic heterocycles. The summed E-state index contributed by atoms with van der Waals surface area (Å²) in [4.78, 5) is 10.7. The molecule has 1 aliphatic rings. The van der Waals surface area contributed by atoms with Gasteiger partial charge in [-0.3, -0.25) is 4.79 Å². The first kappa shape index (κ1) is 23.3. The molecule has 0 saturated heterocycles. The second kappa shape index (κ2) is 12.7. The van der Waals surface area contributed by atoms with Crippen LogP contribution in [-0.4, -0.2) is 49.5 Å². The highest BCUT2D eigenvalue weighted by atomic mass is 79.9. The van der Waals surface area contributed by atoms with E-state index >= 15 is 0 Å². The number of rotatable bonds is 12. The summed E-state index contributed by atoms with van der Waals surface area (Å²) in [5.41, 5.74) is 0. The lowest BCUT2D eigenvalue weighted by atomic mass is 9.90. The van der Waals surface area contributed by atoms with Crippen LogP contribution in [0.4, 0.5) is 0 Å². The fraction of sp³-hybridized carbons (Fsp3) is 0.750. The number of alkyl halides is 1. The minimum absolute atomic E-state index is 0.00513. The van der Waals surface area contributed by atoms with Gasteiger partial charge in [0, 0.05) is 17.2 Å². The van der Waals surface area contributed by atoms with Crippen molar-refractivity contribution < 1.29 is 25.2 Å². The Labute approximate surface area is 164 Å². The number of aliphatic carboxylic acids is 1. The highest BCUT2D eigenvalue weighted by molar-refractivity contribution is 9.09. The first-order valence-electron chi connectivity index (χ1n) is 9.54. The number of carbonyl (C=O) groups is 1. The molecule has 0 spiro atoms. The number of allylic oxidation sites excluding steroid dienone is 2. The number of carboxylic acid groups (broad SMARTS) is 1. The van der Waals surface area contributed by atoms with Crippen molar-refractivity contribution in [3.8, 4) is 0 Å². The lowest BCUT2D eigenvalue weighted by Gasteiger charge is -2.19. The van der Waals surface area contributed by atoms with Gasteiger partial charge in [-0.25, -0.2) is 0 Å². The SMILES string of the molecule is C[C@@H](O)CCC[C@H](O)/C=C/[C@@H]1[C@@H](C/C=C\CCCC(=O)O)[C@H](Br)C[C@H]1O. The van der Waals surface area contributed by atoms with E-state index in [4.69, 9.17) is 5.11 Å². The van der Waals surface area contributed by atoms with Gasteiger partial charge in [-0.1, -0.05) is 40.2 Å². The van der Waals surface area contributed by atoms with Gasteiger partial charge in [-0.05, 0) is 57.8 Å².